The van der Waals surface area contributed by atoms with E-state index in [0.29, 0.717) is 19.3 Å². The third kappa shape index (κ3) is 8.35. The molecule has 2 atom stereocenters. The number of carbonyl (C=O) groups excluding carboxylic acids is 1. The van der Waals surface area contributed by atoms with E-state index in [1.807, 2.05) is 0 Å². The molecule has 0 radical (unpaired) electrons. The fourth-order valence-corrected chi connectivity index (χ4v) is 4.93. The van der Waals surface area contributed by atoms with Crippen LogP contribution in [0.15, 0.2) is 0 Å². The number of carbonyl (C=O) groups is 1. The number of ether oxygens (including phenoxy) is 1. The molecule has 7 heteroatoms. The average Bonchev–Trinajstić information content (AvgIpc) is 2.49. The number of hydrogen-bond donors (Lipinski definition) is 1. The normalized spacial score (nSPS) is 16.1. The van der Waals surface area contributed by atoms with Crippen molar-refractivity contribution in [2.24, 2.45) is 0 Å². The fraction of sp³-hybridized carbons (Fsp3) is 0.950. The van der Waals surface area contributed by atoms with Crippen LogP contribution in [0, 0.1) is 0 Å². The SMILES string of the molecule is COC(=O)CCCC(O[Si](C)(C)C(C)(C)C)C(CO)O[Si](C)(C)C(C)(C)C. The topological polar surface area (TPSA) is 65.0 Å². The molecule has 0 heterocycles. The van der Waals surface area contributed by atoms with E-state index in [-0.39, 0.29) is 34.9 Å². The highest BCUT2D eigenvalue weighted by atomic mass is 28.4. The molecule has 0 amide bonds. The number of aliphatic hydroxyl groups is 1. The predicted octanol–water partition coefficient (Wildman–Crippen LogP) is 5.10. The molecule has 0 rings (SSSR count). The van der Waals surface area contributed by atoms with Gasteiger partial charge in [0.1, 0.15) is 0 Å². The van der Waals surface area contributed by atoms with Crippen LogP contribution >= 0.6 is 0 Å². The maximum absolute atomic E-state index is 11.5. The Hall–Kier alpha value is -0.216. The van der Waals surface area contributed by atoms with E-state index >= 15 is 0 Å². The zero-order valence-electron chi connectivity index (χ0n) is 19.6. The monoisotopic (exact) mass is 420 g/mol. The van der Waals surface area contributed by atoms with E-state index in [2.05, 4.69) is 67.7 Å². The second-order valence-electron chi connectivity index (χ2n) is 10.5. The average molecular weight is 421 g/mol. The van der Waals surface area contributed by atoms with Gasteiger partial charge >= 0.3 is 5.97 Å². The molecule has 0 fully saturated rings. The van der Waals surface area contributed by atoms with Crippen molar-refractivity contribution in [3.63, 3.8) is 0 Å². The van der Waals surface area contributed by atoms with E-state index in [4.69, 9.17) is 13.6 Å². The highest BCUT2D eigenvalue weighted by molar-refractivity contribution is 6.74. The molecule has 0 saturated heterocycles. The Kier molecular flexibility index (Phi) is 9.93. The van der Waals surface area contributed by atoms with Crippen molar-refractivity contribution >= 4 is 22.6 Å². The van der Waals surface area contributed by atoms with E-state index in [1.165, 1.54) is 7.11 Å². The lowest BCUT2D eigenvalue weighted by Crippen LogP contribution is -2.53. The van der Waals surface area contributed by atoms with E-state index in [9.17, 15) is 9.90 Å². The summed E-state index contributed by atoms with van der Waals surface area (Å²) in [5, 5.41) is 10.2. The number of esters is 1. The van der Waals surface area contributed by atoms with Crippen molar-refractivity contribution < 1.29 is 23.5 Å². The first-order chi connectivity index (χ1) is 12.0. The molecule has 0 bridgehead atoms. The molecule has 5 nitrogen and oxygen atoms in total. The van der Waals surface area contributed by atoms with E-state index in [0.717, 1.165) is 0 Å². The molecule has 0 aliphatic carbocycles. The molecule has 2 unspecified atom stereocenters. The summed E-state index contributed by atoms with van der Waals surface area (Å²) < 4.78 is 17.9. The summed E-state index contributed by atoms with van der Waals surface area (Å²) in [5.74, 6) is -0.216. The molecule has 27 heavy (non-hydrogen) atoms. The lowest BCUT2D eigenvalue weighted by molar-refractivity contribution is -0.140. The van der Waals surface area contributed by atoms with Crippen LogP contribution in [0.1, 0.15) is 60.8 Å². The van der Waals surface area contributed by atoms with Crippen LogP contribution in [-0.2, 0) is 18.4 Å². The number of methoxy groups -OCH3 is 1. The largest absolute Gasteiger partial charge is 0.469 e. The molecule has 0 aromatic heterocycles. The molecule has 162 valence electrons. The summed E-state index contributed by atoms with van der Waals surface area (Å²) in [7, 11) is -2.70. The Labute approximate surface area is 169 Å². The minimum Gasteiger partial charge on any atom is -0.469 e. The van der Waals surface area contributed by atoms with Crippen molar-refractivity contribution in [2.45, 2.75) is 109 Å². The van der Waals surface area contributed by atoms with Gasteiger partial charge in [-0.3, -0.25) is 4.79 Å². The summed E-state index contributed by atoms with van der Waals surface area (Å²) in [6, 6.07) is 0. The molecule has 0 aliphatic heterocycles. The minimum atomic E-state index is -2.06. The molecule has 0 aromatic carbocycles. The van der Waals surface area contributed by atoms with Crippen LogP contribution < -0.4 is 0 Å². The molecular formula is C20H44O5Si2. The van der Waals surface area contributed by atoms with Crippen molar-refractivity contribution in [3.05, 3.63) is 0 Å². The third-order valence-corrected chi connectivity index (χ3v) is 15.2. The van der Waals surface area contributed by atoms with Gasteiger partial charge in [-0.1, -0.05) is 41.5 Å². The van der Waals surface area contributed by atoms with Gasteiger partial charge < -0.3 is 18.7 Å². The Bertz CT molecular complexity index is 464. The van der Waals surface area contributed by atoms with Gasteiger partial charge in [0.25, 0.3) is 0 Å². The lowest BCUT2D eigenvalue weighted by atomic mass is 10.1. The Balaban J connectivity index is 5.48. The summed E-state index contributed by atoms with van der Waals surface area (Å²) >= 11 is 0. The van der Waals surface area contributed by atoms with Crippen molar-refractivity contribution in [2.75, 3.05) is 13.7 Å². The van der Waals surface area contributed by atoms with Gasteiger partial charge in [0.15, 0.2) is 16.6 Å². The summed E-state index contributed by atoms with van der Waals surface area (Å²) in [6.45, 7) is 21.9. The van der Waals surface area contributed by atoms with Gasteiger partial charge in [0.05, 0.1) is 25.9 Å². The first kappa shape index (κ1) is 26.8. The number of aliphatic hydroxyl groups excluding tert-OH is 1. The smallest absolute Gasteiger partial charge is 0.305 e. The summed E-state index contributed by atoms with van der Waals surface area (Å²) in [5.41, 5.74) is 0. The molecule has 0 aliphatic rings. The Morgan fingerprint density at radius 1 is 0.889 bits per heavy atom. The van der Waals surface area contributed by atoms with E-state index in [1.54, 1.807) is 0 Å². The van der Waals surface area contributed by atoms with Crippen molar-refractivity contribution in [3.8, 4) is 0 Å². The van der Waals surface area contributed by atoms with Gasteiger partial charge in [0.2, 0.25) is 0 Å². The van der Waals surface area contributed by atoms with Gasteiger partial charge in [-0.05, 0) is 49.1 Å². The maximum atomic E-state index is 11.5. The molecule has 1 N–H and O–H groups in total. The molecular weight excluding hydrogens is 376 g/mol. The Morgan fingerprint density at radius 2 is 1.30 bits per heavy atom. The molecule has 0 aromatic rings. The second-order valence-corrected chi connectivity index (χ2v) is 20.0. The number of rotatable bonds is 10. The van der Waals surface area contributed by atoms with Gasteiger partial charge in [0, 0.05) is 6.42 Å². The number of hydrogen-bond acceptors (Lipinski definition) is 5. The Morgan fingerprint density at radius 3 is 1.63 bits per heavy atom. The third-order valence-electron chi connectivity index (χ3n) is 6.20. The van der Waals surface area contributed by atoms with Crippen LogP contribution in [-0.4, -0.2) is 53.6 Å². The zero-order valence-corrected chi connectivity index (χ0v) is 21.6. The zero-order chi connectivity index (χ0) is 21.7. The van der Waals surface area contributed by atoms with Gasteiger partial charge in [-0.2, -0.15) is 0 Å². The van der Waals surface area contributed by atoms with Crippen LogP contribution in [0.3, 0.4) is 0 Å². The van der Waals surface area contributed by atoms with Crippen molar-refractivity contribution in [1.29, 1.82) is 0 Å². The van der Waals surface area contributed by atoms with Crippen LogP contribution in [0.4, 0.5) is 0 Å². The van der Waals surface area contributed by atoms with Gasteiger partial charge in [-0.25, -0.2) is 0 Å². The quantitative estimate of drug-likeness (QED) is 0.393. The summed E-state index contributed by atoms with van der Waals surface area (Å²) in [4.78, 5) is 11.5. The maximum Gasteiger partial charge on any atom is 0.305 e. The fourth-order valence-electron chi connectivity index (χ4n) is 2.21. The van der Waals surface area contributed by atoms with Crippen molar-refractivity contribution in [1.82, 2.24) is 0 Å². The highest BCUT2D eigenvalue weighted by Crippen LogP contribution is 2.41. The first-order valence-electron chi connectivity index (χ1n) is 10.0. The van der Waals surface area contributed by atoms with Crippen LogP contribution in [0.2, 0.25) is 36.3 Å². The highest BCUT2D eigenvalue weighted by Gasteiger charge is 2.44. The second kappa shape index (κ2) is 10.0. The summed E-state index contributed by atoms with van der Waals surface area (Å²) in [6.07, 6.45) is 1.07. The standard InChI is InChI=1S/C20H44O5Si2/c1-19(2,3)26(8,9)24-16(13-12-14-18(22)23-7)17(15-21)25-27(10,11)20(4,5)6/h16-17,21H,12-15H2,1-11H3. The predicted molar refractivity (Wildman–Crippen MR) is 117 cm³/mol. The van der Waals surface area contributed by atoms with Crippen LogP contribution in [0.5, 0.6) is 0 Å². The molecule has 0 spiro atoms. The first-order valence-corrected chi connectivity index (χ1v) is 15.8. The van der Waals surface area contributed by atoms with Crippen LogP contribution in [0.25, 0.3) is 0 Å². The van der Waals surface area contributed by atoms with Gasteiger partial charge in [-0.15, -0.1) is 0 Å². The minimum absolute atomic E-state index is 0.0496. The lowest BCUT2D eigenvalue weighted by Gasteiger charge is -2.44. The van der Waals surface area contributed by atoms with E-state index < -0.39 is 16.6 Å². The molecule has 0 saturated carbocycles.